The van der Waals surface area contributed by atoms with E-state index in [2.05, 4.69) is 0 Å². The Morgan fingerprint density at radius 1 is 1.58 bits per heavy atom. The van der Waals surface area contributed by atoms with Crippen molar-refractivity contribution >= 4 is 12.3 Å². The lowest BCUT2D eigenvalue weighted by molar-refractivity contribution is -0.144. The van der Waals surface area contributed by atoms with Gasteiger partial charge in [0.05, 0.1) is 6.54 Å². The van der Waals surface area contributed by atoms with Crippen molar-refractivity contribution in [2.45, 2.75) is 25.3 Å². The number of likely N-dealkylation sites (tertiary alicyclic amines) is 1. The second kappa shape index (κ2) is 4.21. The average Bonchev–Trinajstić information content (AvgIpc) is 2.05. The third-order valence-electron chi connectivity index (χ3n) is 2.17. The summed E-state index contributed by atoms with van der Waals surface area (Å²) in [6.07, 6.45) is 4.30. The number of nitrogens with zero attached hydrogens (tertiary/aromatic N) is 1. The molecule has 1 aliphatic heterocycles. The summed E-state index contributed by atoms with van der Waals surface area (Å²) in [4.78, 5) is 22.4. The summed E-state index contributed by atoms with van der Waals surface area (Å²) in [5, 5.41) is 8.76. The van der Waals surface area contributed by atoms with Gasteiger partial charge >= 0.3 is 5.97 Å². The molecule has 0 aliphatic carbocycles. The topological polar surface area (TPSA) is 57.6 Å². The molecule has 1 fully saturated rings. The Balaban J connectivity index is 2.53. The molecular formula is C8H12NO3. The third kappa shape index (κ3) is 2.04. The van der Waals surface area contributed by atoms with Crippen LogP contribution in [0.15, 0.2) is 0 Å². The fraction of sp³-hybridized carbons (Fsp3) is 0.750. The van der Waals surface area contributed by atoms with Crippen LogP contribution >= 0.6 is 0 Å². The largest absolute Gasteiger partial charge is 0.480 e. The molecule has 1 N–H and O–H groups in total. The predicted octanol–water partition coefficient (Wildman–Crippen LogP) is 0.0352. The van der Waals surface area contributed by atoms with Crippen molar-refractivity contribution in [3.8, 4) is 0 Å². The Bertz CT molecular complexity index is 181. The highest BCUT2D eigenvalue weighted by molar-refractivity contribution is 5.74. The van der Waals surface area contributed by atoms with Crippen molar-refractivity contribution in [3.05, 3.63) is 0 Å². The molecule has 0 bridgehead atoms. The van der Waals surface area contributed by atoms with Gasteiger partial charge in [-0.05, 0) is 19.4 Å². The van der Waals surface area contributed by atoms with Crippen molar-refractivity contribution in [1.29, 1.82) is 0 Å². The number of carboxylic acids is 1. The maximum atomic E-state index is 10.7. The fourth-order valence-corrected chi connectivity index (χ4v) is 1.54. The van der Waals surface area contributed by atoms with Gasteiger partial charge in [0, 0.05) is 0 Å². The highest BCUT2D eigenvalue weighted by atomic mass is 16.4. The minimum absolute atomic E-state index is 0.122. The van der Waals surface area contributed by atoms with E-state index in [1.165, 1.54) is 0 Å². The van der Waals surface area contributed by atoms with E-state index < -0.39 is 12.0 Å². The van der Waals surface area contributed by atoms with Crippen LogP contribution < -0.4 is 0 Å². The zero-order valence-electron chi connectivity index (χ0n) is 6.82. The van der Waals surface area contributed by atoms with Crippen molar-refractivity contribution in [2.24, 2.45) is 0 Å². The van der Waals surface area contributed by atoms with Crippen molar-refractivity contribution in [3.63, 3.8) is 0 Å². The van der Waals surface area contributed by atoms with Crippen LogP contribution in [0.2, 0.25) is 0 Å². The number of carbonyl (C=O) groups is 1. The zero-order valence-corrected chi connectivity index (χ0v) is 6.82. The first-order chi connectivity index (χ1) is 5.75. The van der Waals surface area contributed by atoms with Crippen LogP contribution in [-0.2, 0) is 9.59 Å². The third-order valence-corrected chi connectivity index (χ3v) is 2.17. The Labute approximate surface area is 71.2 Å². The van der Waals surface area contributed by atoms with Gasteiger partial charge < -0.3 is 5.11 Å². The van der Waals surface area contributed by atoms with Gasteiger partial charge in [-0.2, -0.15) is 0 Å². The SMILES string of the molecule is O=[C]CN1CCCC[C@@H]1C(=O)O. The predicted molar refractivity (Wildman–Crippen MR) is 42.5 cm³/mol. The van der Waals surface area contributed by atoms with E-state index in [9.17, 15) is 9.59 Å². The Morgan fingerprint density at radius 2 is 2.33 bits per heavy atom. The second-order valence-corrected chi connectivity index (χ2v) is 2.96. The summed E-state index contributed by atoms with van der Waals surface area (Å²) in [6.45, 7) is 0.823. The van der Waals surface area contributed by atoms with Gasteiger partial charge in [-0.1, -0.05) is 6.42 Å². The first-order valence-corrected chi connectivity index (χ1v) is 4.07. The van der Waals surface area contributed by atoms with Crippen LogP contribution in [0.5, 0.6) is 0 Å². The Hall–Kier alpha value is -0.900. The van der Waals surface area contributed by atoms with E-state index in [4.69, 9.17) is 5.11 Å². The van der Waals surface area contributed by atoms with Crippen LogP contribution in [0, 0.1) is 0 Å². The van der Waals surface area contributed by atoms with Crippen LogP contribution in [-0.4, -0.2) is 41.4 Å². The number of carboxylic acid groups (broad SMARTS) is 1. The summed E-state index contributed by atoms with van der Waals surface area (Å²) in [6, 6.07) is -0.472. The molecule has 0 aromatic carbocycles. The fourth-order valence-electron chi connectivity index (χ4n) is 1.54. The molecule has 0 amide bonds. The zero-order chi connectivity index (χ0) is 8.97. The molecule has 0 aromatic rings. The average molecular weight is 170 g/mol. The normalized spacial score (nSPS) is 25.2. The monoisotopic (exact) mass is 170 g/mol. The molecule has 1 rings (SSSR count). The van der Waals surface area contributed by atoms with E-state index in [-0.39, 0.29) is 6.54 Å². The van der Waals surface area contributed by atoms with E-state index in [0.29, 0.717) is 13.0 Å². The van der Waals surface area contributed by atoms with Crippen molar-refractivity contribution < 1.29 is 14.7 Å². The highest BCUT2D eigenvalue weighted by Gasteiger charge is 2.27. The lowest BCUT2D eigenvalue weighted by Crippen LogP contribution is -2.45. The molecule has 0 aromatic heterocycles. The molecule has 0 spiro atoms. The molecule has 67 valence electrons. The van der Waals surface area contributed by atoms with E-state index >= 15 is 0 Å². The molecule has 1 saturated heterocycles. The second-order valence-electron chi connectivity index (χ2n) is 2.96. The molecule has 1 heterocycles. The quantitative estimate of drug-likeness (QED) is 0.649. The van der Waals surface area contributed by atoms with Crippen molar-refractivity contribution in [1.82, 2.24) is 4.90 Å². The molecule has 1 atom stereocenters. The minimum Gasteiger partial charge on any atom is -0.480 e. The molecular weight excluding hydrogens is 158 g/mol. The van der Waals surface area contributed by atoms with Crippen LogP contribution in [0.3, 0.4) is 0 Å². The van der Waals surface area contributed by atoms with E-state index in [0.717, 1.165) is 12.8 Å². The van der Waals surface area contributed by atoms with Crippen molar-refractivity contribution in [2.75, 3.05) is 13.1 Å². The number of hydrogen-bond donors (Lipinski definition) is 1. The van der Waals surface area contributed by atoms with Gasteiger partial charge in [0.2, 0.25) is 6.29 Å². The van der Waals surface area contributed by atoms with E-state index in [1.54, 1.807) is 11.2 Å². The van der Waals surface area contributed by atoms with E-state index in [1.807, 2.05) is 0 Å². The lowest BCUT2D eigenvalue weighted by Gasteiger charge is -2.30. The summed E-state index contributed by atoms with van der Waals surface area (Å²) in [5.41, 5.74) is 0. The maximum absolute atomic E-state index is 10.7. The summed E-state index contributed by atoms with van der Waals surface area (Å²) in [7, 11) is 0. The van der Waals surface area contributed by atoms with Crippen LogP contribution in [0.4, 0.5) is 0 Å². The molecule has 4 nitrogen and oxygen atoms in total. The molecule has 0 unspecified atom stereocenters. The Kier molecular flexibility index (Phi) is 3.22. The standard InChI is InChI=1S/C8H12NO3/c10-6-5-9-4-2-1-3-7(9)8(11)12/h7H,1-5H2,(H,11,12)/t7-/m1/s1. The maximum Gasteiger partial charge on any atom is 0.320 e. The first-order valence-electron chi connectivity index (χ1n) is 4.07. The van der Waals surface area contributed by atoms with Gasteiger partial charge in [0.25, 0.3) is 0 Å². The van der Waals surface area contributed by atoms with Gasteiger partial charge in [-0.15, -0.1) is 0 Å². The van der Waals surface area contributed by atoms with Gasteiger partial charge in [-0.3, -0.25) is 14.5 Å². The Morgan fingerprint density at radius 3 is 2.92 bits per heavy atom. The smallest absolute Gasteiger partial charge is 0.320 e. The van der Waals surface area contributed by atoms with Crippen LogP contribution in [0.1, 0.15) is 19.3 Å². The molecule has 12 heavy (non-hydrogen) atoms. The molecule has 1 radical (unpaired) electrons. The van der Waals surface area contributed by atoms with Gasteiger partial charge in [0.1, 0.15) is 6.04 Å². The number of rotatable bonds is 3. The lowest BCUT2D eigenvalue weighted by atomic mass is 10.0. The molecule has 0 saturated carbocycles. The molecule has 1 aliphatic rings. The highest BCUT2D eigenvalue weighted by Crippen LogP contribution is 2.15. The van der Waals surface area contributed by atoms with Gasteiger partial charge in [0.15, 0.2) is 0 Å². The van der Waals surface area contributed by atoms with Gasteiger partial charge in [-0.25, -0.2) is 0 Å². The summed E-state index contributed by atoms with van der Waals surface area (Å²) >= 11 is 0. The first kappa shape index (κ1) is 9.19. The number of piperidine rings is 1. The molecule has 4 heteroatoms. The summed E-state index contributed by atoms with van der Waals surface area (Å²) in [5.74, 6) is -0.829. The number of hydrogen-bond acceptors (Lipinski definition) is 3. The number of aliphatic carboxylic acids is 1. The van der Waals surface area contributed by atoms with Crippen LogP contribution in [0.25, 0.3) is 0 Å². The summed E-state index contributed by atoms with van der Waals surface area (Å²) < 4.78 is 0. The number of carbonyl (C=O) groups excluding carboxylic acids is 1. The minimum atomic E-state index is -0.829.